The lowest BCUT2D eigenvalue weighted by Crippen LogP contribution is -2.45. The van der Waals surface area contributed by atoms with Crippen molar-refractivity contribution in [3.05, 3.63) is 35.1 Å². The minimum Gasteiger partial charge on any atom is -0.378 e. The van der Waals surface area contributed by atoms with Crippen LogP contribution in [0.1, 0.15) is 15.9 Å². The van der Waals surface area contributed by atoms with E-state index < -0.39 is 0 Å². The normalized spacial score (nSPS) is 15.7. The zero-order valence-corrected chi connectivity index (χ0v) is 12.6. The maximum Gasteiger partial charge on any atom is 0.251 e. The van der Waals surface area contributed by atoms with Gasteiger partial charge in [0.1, 0.15) is 5.82 Å². The number of amides is 1. The number of morpholine rings is 1. The van der Waals surface area contributed by atoms with Crippen molar-refractivity contribution in [3.63, 3.8) is 0 Å². The summed E-state index contributed by atoms with van der Waals surface area (Å²) in [5, 5.41) is 2.69. The fourth-order valence-electron chi connectivity index (χ4n) is 2.07. The number of hydrogen-bond acceptors (Lipinski definition) is 3. The van der Waals surface area contributed by atoms with Gasteiger partial charge in [0.2, 0.25) is 0 Å². The molecule has 1 fully saturated rings. The number of benzene rings is 1. The topological polar surface area (TPSA) is 80.0 Å². The molecule has 0 aromatic heterocycles. The summed E-state index contributed by atoms with van der Waals surface area (Å²) in [6.45, 7) is 5.12. The second kappa shape index (κ2) is 7.74. The first-order chi connectivity index (χ1) is 10.6. The summed E-state index contributed by atoms with van der Waals surface area (Å²) in [6, 6.07) is 4.41. The minimum atomic E-state index is -0.387. The molecule has 0 spiro atoms. The summed E-state index contributed by atoms with van der Waals surface area (Å²) < 4.78 is 18.6. The smallest absolute Gasteiger partial charge is 0.251 e. The van der Waals surface area contributed by atoms with Gasteiger partial charge >= 0.3 is 0 Å². The van der Waals surface area contributed by atoms with Crippen molar-refractivity contribution in [2.75, 3.05) is 39.4 Å². The minimum absolute atomic E-state index is 0.299. The van der Waals surface area contributed by atoms with Gasteiger partial charge in [0, 0.05) is 25.2 Å². The molecule has 1 aliphatic rings. The van der Waals surface area contributed by atoms with Crippen molar-refractivity contribution in [1.82, 2.24) is 10.2 Å². The molecule has 0 radical (unpaired) electrons. The summed E-state index contributed by atoms with van der Waals surface area (Å²) in [5.74, 6) is -0.250. The van der Waals surface area contributed by atoms with Crippen LogP contribution in [0.15, 0.2) is 23.2 Å². The molecule has 1 aliphatic heterocycles. The molecular weight excluding hydrogens is 287 g/mol. The third-order valence-electron chi connectivity index (χ3n) is 3.44. The Morgan fingerprint density at radius 3 is 2.86 bits per heavy atom. The molecule has 22 heavy (non-hydrogen) atoms. The van der Waals surface area contributed by atoms with Crippen molar-refractivity contribution in [3.8, 4) is 0 Å². The van der Waals surface area contributed by atoms with Crippen LogP contribution < -0.4 is 11.1 Å². The molecular formula is C15H21FN4O2. The fourth-order valence-corrected chi connectivity index (χ4v) is 2.07. The van der Waals surface area contributed by atoms with Gasteiger partial charge in [-0.2, -0.15) is 0 Å². The Morgan fingerprint density at radius 1 is 1.45 bits per heavy atom. The Labute approximate surface area is 129 Å². The number of rotatable bonds is 4. The van der Waals surface area contributed by atoms with Crippen LogP contribution in [0.25, 0.3) is 0 Å². The highest BCUT2D eigenvalue weighted by atomic mass is 19.1. The Hall–Kier alpha value is -2.15. The Kier molecular flexibility index (Phi) is 5.71. The molecule has 2 rings (SSSR count). The van der Waals surface area contributed by atoms with E-state index in [9.17, 15) is 9.18 Å². The number of nitrogens with zero attached hydrogens (tertiary/aromatic N) is 2. The standard InChI is InChI=1S/C15H21FN4O2/c1-11-2-3-12(10-13(11)16)14(21)18-4-5-19-15(17)20-6-8-22-9-7-20/h2-3,10H,4-9H2,1H3,(H2,17,19)(H,18,21). The molecule has 1 aromatic rings. The highest BCUT2D eigenvalue weighted by Crippen LogP contribution is 2.08. The van der Waals surface area contributed by atoms with Crippen LogP contribution in [0.5, 0.6) is 0 Å². The summed E-state index contributed by atoms with van der Waals surface area (Å²) in [6.07, 6.45) is 0. The molecule has 6 nitrogen and oxygen atoms in total. The second-order valence-electron chi connectivity index (χ2n) is 5.06. The zero-order valence-electron chi connectivity index (χ0n) is 12.6. The molecule has 1 heterocycles. The van der Waals surface area contributed by atoms with Gasteiger partial charge in [-0.05, 0) is 24.6 Å². The molecule has 1 aromatic carbocycles. The zero-order chi connectivity index (χ0) is 15.9. The van der Waals surface area contributed by atoms with Crippen molar-refractivity contribution < 1.29 is 13.9 Å². The van der Waals surface area contributed by atoms with Gasteiger partial charge in [0.25, 0.3) is 5.91 Å². The van der Waals surface area contributed by atoms with E-state index in [2.05, 4.69) is 10.3 Å². The van der Waals surface area contributed by atoms with Gasteiger partial charge in [0.15, 0.2) is 5.96 Å². The number of guanidine groups is 1. The predicted molar refractivity (Wildman–Crippen MR) is 82.4 cm³/mol. The molecule has 0 saturated carbocycles. The molecule has 0 atom stereocenters. The molecule has 1 saturated heterocycles. The molecule has 7 heteroatoms. The number of nitrogens with two attached hydrogens (primary N) is 1. The van der Waals surface area contributed by atoms with E-state index in [4.69, 9.17) is 10.5 Å². The number of carbonyl (C=O) groups is 1. The number of nitrogens with one attached hydrogen (secondary N) is 1. The molecule has 120 valence electrons. The van der Waals surface area contributed by atoms with Crippen molar-refractivity contribution >= 4 is 11.9 Å². The predicted octanol–water partition coefficient (Wildman–Crippen LogP) is 0.511. The largest absolute Gasteiger partial charge is 0.378 e. The number of hydrogen-bond donors (Lipinski definition) is 2. The van der Waals surface area contributed by atoms with Gasteiger partial charge in [-0.1, -0.05) is 6.07 Å². The maximum absolute atomic E-state index is 13.4. The van der Waals surface area contributed by atoms with E-state index in [1.807, 2.05) is 4.90 Å². The third-order valence-corrected chi connectivity index (χ3v) is 3.44. The lowest BCUT2D eigenvalue weighted by atomic mass is 10.1. The average molecular weight is 308 g/mol. The average Bonchev–Trinajstić information content (AvgIpc) is 2.54. The van der Waals surface area contributed by atoms with E-state index in [-0.39, 0.29) is 11.7 Å². The van der Waals surface area contributed by atoms with E-state index in [1.54, 1.807) is 19.1 Å². The van der Waals surface area contributed by atoms with Crippen molar-refractivity contribution in [1.29, 1.82) is 0 Å². The number of halogens is 1. The Balaban J connectivity index is 1.77. The first-order valence-corrected chi connectivity index (χ1v) is 7.25. The summed E-state index contributed by atoms with van der Waals surface area (Å²) in [5.41, 5.74) is 6.68. The van der Waals surface area contributed by atoms with Gasteiger partial charge in [-0.25, -0.2) is 4.39 Å². The number of aliphatic imine (C=N–C) groups is 1. The quantitative estimate of drug-likeness (QED) is 0.482. The lowest BCUT2D eigenvalue weighted by Gasteiger charge is -2.27. The monoisotopic (exact) mass is 308 g/mol. The second-order valence-corrected chi connectivity index (χ2v) is 5.06. The van der Waals surface area contributed by atoms with E-state index >= 15 is 0 Å². The van der Waals surface area contributed by atoms with Crippen LogP contribution in [0.3, 0.4) is 0 Å². The first kappa shape index (κ1) is 16.2. The fraction of sp³-hybridized carbons (Fsp3) is 0.467. The van der Waals surface area contributed by atoms with Crippen LogP contribution in [-0.2, 0) is 4.74 Å². The number of aryl methyl sites for hydroxylation is 1. The van der Waals surface area contributed by atoms with Gasteiger partial charge in [-0.3, -0.25) is 9.79 Å². The van der Waals surface area contributed by atoms with Crippen LogP contribution >= 0.6 is 0 Å². The van der Waals surface area contributed by atoms with Crippen LogP contribution in [0.2, 0.25) is 0 Å². The molecule has 1 amide bonds. The van der Waals surface area contributed by atoms with Crippen LogP contribution in [-0.4, -0.2) is 56.2 Å². The van der Waals surface area contributed by atoms with E-state index in [0.717, 1.165) is 13.1 Å². The molecule has 3 N–H and O–H groups in total. The maximum atomic E-state index is 13.4. The molecule has 0 bridgehead atoms. The van der Waals surface area contributed by atoms with Crippen LogP contribution in [0.4, 0.5) is 4.39 Å². The molecule has 0 unspecified atom stereocenters. The third kappa shape index (κ3) is 4.42. The molecule has 0 aliphatic carbocycles. The van der Waals surface area contributed by atoms with Crippen molar-refractivity contribution in [2.45, 2.75) is 6.92 Å². The lowest BCUT2D eigenvalue weighted by molar-refractivity contribution is 0.0674. The van der Waals surface area contributed by atoms with Crippen molar-refractivity contribution in [2.24, 2.45) is 10.7 Å². The highest BCUT2D eigenvalue weighted by molar-refractivity contribution is 5.94. The summed E-state index contributed by atoms with van der Waals surface area (Å²) in [7, 11) is 0. The van der Waals surface area contributed by atoms with E-state index in [0.29, 0.717) is 43.4 Å². The highest BCUT2D eigenvalue weighted by Gasteiger charge is 2.12. The summed E-state index contributed by atoms with van der Waals surface area (Å²) >= 11 is 0. The first-order valence-electron chi connectivity index (χ1n) is 7.25. The Morgan fingerprint density at radius 2 is 2.18 bits per heavy atom. The van der Waals surface area contributed by atoms with Gasteiger partial charge < -0.3 is 20.7 Å². The van der Waals surface area contributed by atoms with Gasteiger partial charge in [0.05, 0.1) is 19.8 Å². The Bertz CT molecular complexity index is 556. The number of carbonyl (C=O) groups excluding carboxylic acids is 1. The van der Waals surface area contributed by atoms with Crippen LogP contribution in [0, 0.1) is 12.7 Å². The summed E-state index contributed by atoms with van der Waals surface area (Å²) in [4.78, 5) is 18.0. The number of ether oxygens (including phenoxy) is 1. The van der Waals surface area contributed by atoms with E-state index in [1.165, 1.54) is 6.07 Å². The SMILES string of the molecule is Cc1ccc(C(=O)NCCN=C(N)N2CCOCC2)cc1F. The van der Waals surface area contributed by atoms with Gasteiger partial charge in [-0.15, -0.1) is 0 Å².